The van der Waals surface area contributed by atoms with Crippen molar-refractivity contribution in [1.29, 1.82) is 0 Å². The molecule has 0 aliphatic heterocycles. The fraction of sp³-hybridized carbons (Fsp3) is 0.296. The van der Waals surface area contributed by atoms with Crippen LogP contribution >= 0.6 is 0 Å². The van der Waals surface area contributed by atoms with E-state index in [0.717, 1.165) is 41.6 Å². The minimum Gasteiger partial charge on any atom is -0.478 e. The summed E-state index contributed by atoms with van der Waals surface area (Å²) in [7, 11) is 0. The number of H-pyrrole nitrogens is 1. The molecule has 0 unspecified atom stereocenters. The van der Waals surface area contributed by atoms with Crippen LogP contribution in [0.4, 0.5) is 0 Å². The summed E-state index contributed by atoms with van der Waals surface area (Å²) in [5.74, 6) is 0.241. The van der Waals surface area contributed by atoms with Crippen molar-refractivity contribution < 1.29 is 19.4 Å². The molecule has 0 saturated heterocycles. The lowest BCUT2D eigenvalue weighted by atomic mass is 9.86. The van der Waals surface area contributed by atoms with Crippen LogP contribution in [0, 0.1) is 0 Å². The number of rotatable bonds is 11. The van der Waals surface area contributed by atoms with E-state index in [-0.39, 0.29) is 12.0 Å². The molecule has 0 bridgehead atoms. The molecule has 2 N–H and O–H groups in total. The first kappa shape index (κ1) is 24.1. The summed E-state index contributed by atoms with van der Waals surface area (Å²) < 4.78 is 6.08. The zero-order valence-electron chi connectivity index (χ0n) is 20.0. The molecule has 0 amide bonds. The highest BCUT2D eigenvalue weighted by atomic mass is 16.5. The largest absolute Gasteiger partial charge is 0.478 e. The Morgan fingerprint density at radius 3 is 2.34 bits per heavy atom. The van der Waals surface area contributed by atoms with E-state index in [1.807, 2.05) is 54.6 Å². The predicted molar refractivity (Wildman–Crippen MR) is 132 cm³/mol. The molecule has 8 heteroatoms. The van der Waals surface area contributed by atoms with E-state index in [4.69, 9.17) is 14.8 Å². The van der Waals surface area contributed by atoms with Gasteiger partial charge in [0.05, 0.1) is 22.8 Å². The SMILES string of the molecule is CC(C)(CCCCOc1cc(-c2ccccc2)cc(-c2ccccc2)n1)c1n[nH][n+](CC(=O)O)n1. The lowest BCUT2D eigenvalue weighted by Gasteiger charge is -2.17. The highest BCUT2D eigenvalue weighted by Gasteiger charge is 2.31. The first-order valence-electron chi connectivity index (χ1n) is 11.7. The Labute approximate surface area is 204 Å². The van der Waals surface area contributed by atoms with Gasteiger partial charge in [-0.15, -0.1) is 0 Å². The van der Waals surface area contributed by atoms with Gasteiger partial charge in [0.25, 0.3) is 0 Å². The lowest BCUT2D eigenvalue weighted by Crippen LogP contribution is -2.43. The normalized spacial score (nSPS) is 11.4. The summed E-state index contributed by atoms with van der Waals surface area (Å²) in [6.45, 7) is 4.41. The van der Waals surface area contributed by atoms with Gasteiger partial charge in [-0.25, -0.2) is 9.78 Å². The van der Waals surface area contributed by atoms with Gasteiger partial charge < -0.3 is 9.84 Å². The zero-order valence-corrected chi connectivity index (χ0v) is 20.0. The second-order valence-electron chi connectivity index (χ2n) is 9.09. The van der Waals surface area contributed by atoms with Crippen LogP contribution in [-0.4, -0.2) is 38.1 Å². The minimum atomic E-state index is -0.965. The van der Waals surface area contributed by atoms with Gasteiger partial charge in [-0.3, -0.25) is 0 Å². The van der Waals surface area contributed by atoms with E-state index in [1.165, 1.54) is 4.80 Å². The molecule has 8 nitrogen and oxygen atoms in total. The molecule has 35 heavy (non-hydrogen) atoms. The summed E-state index contributed by atoms with van der Waals surface area (Å²) in [5, 5.41) is 20.0. The van der Waals surface area contributed by atoms with Crippen molar-refractivity contribution in [2.75, 3.05) is 6.61 Å². The van der Waals surface area contributed by atoms with E-state index >= 15 is 0 Å². The Morgan fingerprint density at radius 2 is 1.66 bits per heavy atom. The fourth-order valence-electron chi connectivity index (χ4n) is 3.84. The highest BCUT2D eigenvalue weighted by Crippen LogP contribution is 2.29. The summed E-state index contributed by atoms with van der Waals surface area (Å²) >= 11 is 0. The van der Waals surface area contributed by atoms with Crippen LogP contribution in [0.15, 0.2) is 72.8 Å². The van der Waals surface area contributed by atoms with Crippen molar-refractivity contribution >= 4 is 5.97 Å². The number of hydrogen-bond donors (Lipinski definition) is 2. The van der Waals surface area contributed by atoms with Gasteiger partial charge in [0.15, 0.2) is 0 Å². The standard InChI is InChI=1S/C27H29N5O3/c1-27(2,26-29-31-32(30-26)19-25(33)34)15-9-10-16-35-24-18-22(20-11-5-3-6-12-20)17-23(28-24)21-13-7-4-8-14-21/h3-8,11-14,17-18H,9-10,15-16,19H2,1-2H3,(H,33,34)/p+1. The Kier molecular flexibility index (Phi) is 7.50. The monoisotopic (exact) mass is 472 g/mol. The van der Waals surface area contributed by atoms with Gasteiger partial charge in [0.2, 0.25) is 12.4 Å². The van der Waals surface area contributed by atoms with Gasteiger partial charge in [-0.2, -0.15) is 0 Å². The zero-order chi connectivity index (χ0) is 24.7. The lowest BCUT2D eigenvalue weighted by molar-refractivity contribution is -0.796. The number of hydrogen-bond acceptors (Lipinski definition) is 5. The predicted octanol–water partition coefficient (Wildman–Crippen LogP) is 4.43. The van der Waals surface area contributed by atoms with Crippen molar-refractivity contribution in [3.05, 3.63) is 78.6 Å². The van der Waals surface area contributed by atoms with Crippen LogP contribution in [0.5, 0.6) is 5.88 Å². The number of benzene rings is 2. The molecular formula is C27H30N5O3+. The maximum absolute atomic E-state index is 10.9. The Bertz CT molecular complexity index is 1200. The van der Waals surface area contributed by atoms with Crippen LogP contribution in [0.2, 0.25) is 0 Å². The number of pyridine rings is 1. The number of aromatic nitrogens is 5. The third kappa shape index (κ3) is 6.50. The summed E-state index contributed by atoms with van der Waals surface area (Å²) in [6.07, 6.45) is 2.60. The number of aliphatic carboxylic acids is 1. The summed E-state index contributed by atoms with van der Waals surface area (Å²) in [6, 6.07) is 24.4. The van der Waals surface area contributed by atoms with Crippen molar-refractivity contribution in [2.45, 2.75) is 45.1 Å². The third-order valence-electron chi connectivity index (χ3n) is 5.80. The molecule has 0 spiro atoms. The molecule has 2 heterocycles. The molecule has 0 aliphatic rings. The number of ether oxygens (including phenoxy) is 1. The molecular weight excluding hydrogens is 442 g/mol. The average molecular weight is 473 g/mol. The fourth-order valence-corrected chi connectivity index (χ4v) is 3.84. The van der Waals surface area contributed by atoms with Crippen LogP contribution in [-0.2, 0) is 16.8 Å². The quantitative estimate of drug-likeness (QED) is 0.247. The number of carboxylic acids is 1. The molecule has 0 radical (unpaired) electrons. The number of aromatic amines is 1. The summed E-state index contributed by atoms with van der Waals surface area (Å²) in [4.78, 5) is 16.9. The first-order chi connectivity index (χ1) is 16.9. The van der Waals surface area contributed by atoms with Gasteiger partial charge in [0.1, 0.15) is 0 Å². The number of carboxylic acid groups (broad SMARTS) is 1. The summed E-state index contributed by atoms with van der Waals surface area (Å²) in [5.41, 5.74) is 3.82. The maximum Gasteiger partial charge on any atom is 0.350 e. The van der Waals surface area contributed by atoms with Gasteiger partial charge in [-0.05, 0) is 46.8 Å². The van der Waals surface area contributed by atoms with Crippen molar-refractivity contribution in [1.82, 2.24) is 20.4 Å². The van der Waals surface area contributed by atoms with Crippen LogP contribution in [0.1, 0.15) is 38.9 Å². The van der Waals surface area contributed by atoms with Crippen molar-refractivity contribution in [2.24, 2.45) is 0 Å². The topological polar surface area (TPSA) is 105 Å². The van der Waals surface area contributed by atoms with Gasteiger partial charge >= 0.3 is 11.8 Å². The number of unbranched alkanes of at least 4 members (excludes halogenated alkanes) is 1. The Morgan fingerprint density at radius 1 is 0.971 bits per heavy atom. The number of nitrogens with one attached hydrogen (secondary N) is 1. The molecule has 0 aliphatic carbocycles. The van der Waals surface area contributed by atoms with Crippen LogP contribution in [0.3, 0.4) is 0 Å². The van der Waals surface area contributed by atoms with Crippen molar-refractivity contribution in [3.63, 3.8) is 0 Å². The molecule has 4 rings (SSSR count). The molecule has 0 fully saturated rings. The van der Waals surface area contributed by atoms with E-state index in [2.05, 4.69) is 47.5 Å². The highest BCUT2D eigenvalue weighted by molar-refractivity contribution is 5.71. The molecule has 2 aromatic carbocycles. The molecule has 0 atom stereocenters. The van der Waals surface area contributed by atoms with Gasteiger partial charge in [-0.1, -0.05) is 79.3 Å². The Balaban J connectivity index is 1.38. The van der Waals surface area contributed by atoms with Gasteiger partial charge in [0, 0.05) is 11.6 Å². The second-order valence-corrected chi connectivity index (χ2v) is 9.09. The smallest absolute Gasteiger partial charge is 0.350 e. The van der Waals surface area contributed by atoms with Crippen molar-refractivity contribution in [3.8, 4) is 28.3 Å². The maximum atomic E-state index is 10.9. The van der Waals surface area contributed by atoms with E-state index in [1.54, 1.807) is 0 Å². The van der Waals surface area contributed by atoms with Crippen LogP contribution < -0.4 is 9.53 Å². The molecule has 0 saturated carbocycles. The second kappa shape index (κ2) is 10.9. The Hall–Kier alpha value is -4.07. The van der Waals surface area contributed by atoms with Crippen LogP contribution in [0.25, 0.3) is 22.4 Å². The number of tetrazole rings is 1. The molecule has 2 aromatic heterocycles. The number of nitrogens with zero attached hydrogens (tertiary/aromatic N) is 4. The average Bonchev–Trinajstić information content (AvgIpc) is 3.33. The van der Waals surface area contributed by atoms with E-state index < -0.39 is 5.97 Å². The third-order valence-corrected chi connectivity index (χ3v) is 5.80. The molecule has 180 valence electrons. The number of carbonyl (C=O) groups is 1. The van der Waals surface area contributed by atoms with E-state index in [9.17, 15) is 4.79 Å². The van der Waals surface area contributed by atoms with E-state index in [0.29, 0.717) is 18.3 Å². The molecule has 4 aromatic rings. The minimum absolute atomic E-state index is 0.239. The first-order valence-corrected chi connectivity index (χ1v) is 11.7.